The molecule has 17 nitrogen and oxygen atoms in total. The smallest absolute Gasteiger partial charge is 0.744 e. The number of nitrogens with zero attached hydrogens (tertiary/aromatic N) is 4. The first kappa shape index (κ1) is 44.7. The van der Waals surface area contributed by atoms with E-state index in [0.29, 0.717) is 5.69 Å². The van der Waals surface area contributed by atoms with E-state index >= 15 is 0 Å². The monoisotopic (exact) mass is 765 g/mol. The van der Waals surface area contributed by atoms with Gasteiger partial charge >= 0.3 is 69.7 Å². The fourth-order valence-corrected chi connectivity index (χ4v) is 5.57. The summed E-state index contributed by atoms with van der Waals surface area (Å²) in [6.45, 7) is 2.79. The van der Waals surface area contributed by atoms with Gasteiger partial charge in [0.2, 0.25) is 5.91 Å². The molecule has 22 heteroatoms. The third-order valence-electron chi connectivity index (χ3n) is 6.17. The summed E-state index contributed by atoms with van der Waals surface area (Å²) in [5, 5.41) is 29.9. The number of phenolic OH excluding ortho intramolecular Hbond substituents is 1. The van der Waals surface area contributed by atoms with E-state index in [2.05, 4.69) is 31.8 Å². The number of hydrogen-bond acceptors (Lipinski definition) is 16. The van der Waals surface area contributed by atoms with Crippen molar-refractivity contribution in [1.82, 2.24) is 0 Å². The van der Waals surface area contributed by atoms with Crippen LogP contribution in [0, 0.1) is 6.07 Å². The molecule has 4 rings (SSSR count). The molecule has 0 fully saturated rings. The Morgan fingerprint density at radius 3 is 1.88 bits per heavy atom. The van der Waals surface area contributed by atoms with Crippen LogP contribution in [0.2, 0.25) is 0 Å². The molecule has 0 aromatic heterocycles. The van der Waals surface area contributed by atoms with Gasteiger partial charge < -0.3 is 24.4 Å². The number of amides is 1. The third kappa shape index (κ3) is 11.6. The van der Waals surface area contributed by atoms with Gasteiger partial charge in [0.1, 0.15) is 44.4 Å². The summed E-state index contributed by atoms with van der Waals surface area (Å²) in [5.41, 5.74) is 0.00740. The molecule has 4 aromatic rings. The zero-order valence-electron chi connectivity index (χ0n) is 27.4. The Morgan fingerprint density at radius 2 is 1.42 bits per heavy atom. The number of aromatic hydroxyl groups is 1. The molecule has 2 N–H and O–H groups in total. The van der Waals surface area contributed by atoms with Gasteiger partial charge in [0, 0.05) is 19.1 Å². The summed E-state index contributed by atoms with van der Waals surface area (Å²) in [6, 6.07) is 15.0. The number of sulfone groups is 1. The third-order valence-corrected chi connectivity index (χ3v) is 8.77. The maximum atomic E-state index is 12.1. The predicted octanol–water partition coefficient (Wildman–Crippen LogP) is -1.15. The van der Waals surface area contributed by atoms with Gasteiger partial charge in [0.15, 0.2) is 9.84 Å². The Bertz CT molecular complexity index is 2260. The summed E-state index contributed by atoms with van der Waals surface area (Å²) in [5.74, 6) is -0.985. The summed E-state index contributed by atoms with van der Waals surface area (Å²) in [6.07, 6.45) is 0. The molecule has 0 bridgehead atoms. The van der Waals surface area contributed by atoms with Crippen LogP contribution in [0.4, 0.5) is 28.4 Å². The minimum absolute atomic E-state index is 0. The number of hydrogen-bond donors (Lipinski definition) is 2. The van der Waals surface area contributed by atoms with Gasteiger partial charge in [0.25, 0.3) is 0 Å². The maximum absolute atomic E-state index is 12.1. The first-order valence-electron chi connectivity index (χ1n) is 13.1. The van der Waals surface area contributed by atoms with Gasteiger partial charge in [-0.1, -0.05) is 24.1 Å². The van der Waals surface area contributed by atoms with Crippen molar-refractivity contribution in [1.29, 1.82) is 0 Å². The maximum Gasteiger partial charge on any atom is 1.00 e. The average molecular weight is 766 g/mol. The van der Waals surface area contributed by atoms with Crippen molar-refractivity contribution in [2.45, 2.75) is 23.6 Å². The zero-order chi connectivity index (χ0) is 35.8. The minimum atomic E-state index is -5.15. The number of anilines is 1. The summed E-state index contributed by atoms with van der Waals surface area (Å²) in [4.78, 5) is 11.0. The molecule has 4 aromatic carbocycles. The van der Waals surface area contributed by atoms with Crippen LogP contribution in [0.3, 0.4) is 0 Å². The molecule has 0 heterocycles. The van der Waals surface area contributed by atoms with Crippen molar-refractivity contribution in [2.24, 2.45) is 20.5 Å². The van der Waals surface area contributed by atoms with Crippen LogP contribution in [0.5, 0.6) is 17.2 Å². The van der Waals surface area contributed by atoms with E-state index in [4.69, 9.17) is 22.1 Å². The van der Waals surface area contributed by atoms with Crippen molar-refractivity contribution in [2.75, 3.05) is 25.3 Å². The van der Waals surface area contributed by atoms with Crippen LogP contribution in [0.25, 0.3) is 10.8 Å². The number of methoxy groups -OCH3 is 2. The zero-order valence-corrected chi connectivity index (χ0v) is 33.8. The number of ether oxygens (including phenoxy) is 2. The molecule has 0 unspecified atom stereocenters. The van der Waals surface area contributed by atoms with E-state index < -0.39 is 52.8 Å². The standard InChI is InChI=1S/C28H26N5O9S2.2Na.O3S/c1-5-43(36,37)19-11-9-18(10-12-19)30-31-21-14-24(42-4)22(15-23(21)41-3)32-33-27-25(44(38,39)40)13-17-7-6-8-20(29-16(2)34)26(17)28(27)35;;;1-4(2)3/h7-15,35H,5H2,1-4H3,(H,29,34)(H,38,39,40);;;/q-1;2*+1;/p-1. The number of rotatable bonds is 10. The molecular weight excluding hydrogens is 741 g/mol. The number of carbonyl (C=O) groups excluding carboxylic acids is 1. The van der Waals surface area contributed by atoms with Crippen LogP contribution < -0.4 is 73.9 Å². The number of nitrogens with one attached hydrogen (secondary N) is 1. The van der Waals surface area contributed by atoms with Gasteiger partial charge in [-0.3, -0.25) is 4.79 Å². The number of carbonyl (C=O) groups is 1. The van der Waals surface area contributed by atoms with Crippen molar-refractivity contribution in [3.63, 3.8) is 0 Å². The van der Waals surface area contributed by atoms with Crippen LogP contribution >= 0.6 is 0 Å². The van der Waals surface area contributed by atoms with Crippen molar-refractivity contribution in [3.8, 4) is 17.2 Å². The number of phenols is 1. The number of azo groups is 2. The van der Waals surface area contributed by atoms with Gasteiger partial charge in [-0.2, -0.15) is 23.3 Å². The van der Waals surface area contributed by atoms with E-state index in [1.54, 1.807) is 6.92 Å². The Morgan fingerprint density at radius 1 is 0.900 bits per heavy atom. The molecule has 50 heavy (non-hydrogen) atoms. The molecule has 0 spiro atoms. The van der Waals surface area contributed by atoms with Crippen LogP contribution in [-0.2, 0) is 35.4 Å². The quantitative estimate of drug-likeness (QED) is 0.0840. The van der Waals surface area contributed by atoms with Gasteiger partial charge in [-0.05, 0) is 24.3 Å². The normalized spacial score (nSPS) is 11.2. The molecule has 0 aliphatic carbocycles. The molecule has 0 aliphatic heterocycles. The topological polar surface area (TPSA) is 260 Å². The summed E-state index contributed by atoms with van der Waals surface area (Å²) >= 11 is 0. The molecule has 0 saturated heterocycles. The Kier molecular flexibility index (Phi) is 17.3. The largest absolute Gasteiger partial charge is 1.00 e. The van der Waals surface area contributed by atoms with E-state index in [-0.39, 0.29) is 109 Å². The molecule has 0 atom stereocenters. The molecule has 0 saturated carbocycles. The Labute approximate surface area is 332 Å². The fourth-order valence-electron chi connectivity index (χ4n) is 4.04. The van der Waals surface area contributed by atoms with Crippen LogP contribution in [0.1, 0.15) is 13.8 Å². The van der Waals surface area contributed by atoms with E-state index in [9.17, 15) is 31.3 Å². The van der Waals surface area contributed by atoms with Crippen LogP contribution in [-0.4, -0.2) is 65.0 Å². The molecular formula is C28H25N5Na2O12S3. The SMILES string of the molecule is CCS(=O)(=O)c1ccc(N=Nc2cc(OC)c(N=Nc3c(S(=O)(=O)[O-])cc4c[c-]cc(NC(C)=O)c4c3O)cc2OC)cc1.O=S(=O)=O.[Na+].[Na+]. The van der Waals surface area contributed by atoms with E-state index in [1.165, 1.54) is 69.7 Å². The molecule has 254 valence electrons. The van der Waals surface area contributed by atoms with E-state index in [0.717, 1.165) is 6.07 Å². The second kappa shape index (κ2) is 19.3. The van der Waals surface area contributed by atoms with Crippen molar-refractivity contribution in [3.05, 3.63) is 60.7 Å². The molecule has 1 amide bonds. The first-order chi connectivity index (χ1) is 22.5. The summed E-state index contributed by atoms with van der Waals surface area (Å²) in [7, 11) is -8.96. The van der Waals surface area contributed by atoms with Crippen LogP contribution in [0.15, 0.2) is 84.8 Å². The number of fused-ring (bicyclic) bond motifs is 1. The Balaban J connectivity index is 0.00000197. The van der Waals surface area contributed by atoms with Crippen molar-refractivity contribution < 1.29 is 113 Å². The molecule has 0 radical (unpaired) electrons. The van der Waals surface area contributed by atoms with Gasteiger partial charge in [0.05, 0.1) is 35.5 Å². The summed E-state index contributed by atoms with van der Waals surface area (Å²) < 4.78 is 96.5. The average Bonchev–Trinajstić information content (AvgIpc) is 3.02. The Hall–Kier alpha value is -3.31. The molecule has 0 aliphatic rings. The first-order valence-corrected chi connectivity index (χ1v) is 17.2. The predicted molar refractivity (Wildman–Crippen MR) is 168 cm³/mol. The van der Waals surface area contributed by atoms with E-state index in [1.807, 2.05) is 0 Å². The second-order valence-electron chi connectivity index (χ2n) is 9.24. The minimum Gasteiger partial charge on any atom is -0.744 e. The van der Waals surface area contributed by atoms with Gasteiger partial charge in [-0.15, -0.1) is 33.4 Å². The fraction of sp³-hybridized carbons (Fsp3) is 0.179. The van der Waals surface area contributed by atoms with Gasteiger partial charge in [-0.25, -0.2) is 16.8 Å². The second-order valence-corrected chi connectivity index (χ2v) is 13.3. The van der Waals surface area contributed by atoms with Crippen molar-refractivity contribution >= 4 is 75.7 Å². The number of benzene rings is 4.